The standard InChI is InChI=1S/C9H12N5O4P/c10-8-7-9(12-3-11-8)14(4-13-7)5-1-6(18-2-5)19(15,16)17/h3-6H,1-2H2,(H2,10,11,12)(H2,15,16,17)/p-2/t5-,6+/m1/s1. The van der Waals surface area contributed by atoms with Gasteiger partial charge in [-0.15, -0.1) is 7.94 Å². The normalized spacial score (nSPS) is 24.2. The van der Waals surface area contributed by atoms with Crippen LogP contribution in [0.3, 0.4) is 0 Å². The van der Waals surface area contributed by atoms with Gasteiger partial charge in [0.05, 0.1) is 19.0 Å². The van der Waals surface area contributed by atoms with Crippen molar-refractivity contribution in [1.29, 1.82) is 0 Å². The highest BCUT2D eigenvalue weighted by molar-refractivity contribution is 7.54. The number of imidazole rings is 1. The van der Waals surface area contributed by atoms with E-state index in [0.717, 1.165) is 0 Å². The van der Waals surface area contributed by atoms with Crippen LogP contribution in [0, 0.1) is 0 Å². The van der Waals surface area contributed by atoms with Crippen LogP contribution in [0.25, 0.3) is 11.2 Å². The number of rotatable bonds is 2. The van der Waals surface area contributed by atoms with E-state index in [-0.39, 0.29) is 24.9 Å². The molecule has 1 fully saturated rings. The predicted octanol–water partition coefficient (Wildman–Crippen LogP) is -2.46. The van der Waals surface area contributed by atoms with Crippen LogP contribution >= 0.6 is 7.94 Å². The van der Waals surface area contributed by atoms with Crippen LogP contribution in [0.15, 0.2) is 12.7 Å². The van der Waals surface area contributed by atoms with E-state index in [1.165, 1.54) is 12.7 Å². The largest absolute Gasteiger partial charge is 0.686 e. The minimum absolute atomic E-state index is 0.0830. The Kier molecular flexibility index (Phi) is 2.88. The molecule has 10 heteroatoms. The summed E-state index contributed by atoms with van der Waals surface area (Å²) in [5.74, 6) is -1.05. The molecule has 0 unspecified atom stereocenters. The summed E-state index contributed by atoms with van der Waals surface area (Å²) in [5.41, 5.74) is 6.60. The highest BCUT2D eigenvalue weighted by Crippen LogP contribution is 2.45. The fourth-order valence-corrected chi connectivity index (χ4v) is 2.91. The smallest absolute Gasteiger partial charge is 0.165 e. The highest BCUT2D eigenvalue weighted by Gasteiger charge is 2.33. The van der Waals surface area contributed by atoms with Gasteiger partial charge in [0.15, 0.2) is 17.3 Å². The zero-order valence-electron chi connectivity index (χ0n) is 9.67. The summed E-state index contributed by atoms with van der Waals surface area (Å²) in [6, 6.07) is -0.305. The zero-order valence-corrected chi connectivity index (χ0v) is 10.6. The van der Waals surface area contributed by atoms with Gasteiger partial charge in [0.1, 0.15) is 11.8 Å². The molecule has 1 saturated heterocycles. The molecular weight excluding hydrogens is 273 g/mol. The van der Waals surface area contributed by atoms with Crippen molar-refractivity contribution in [3.8, 4) is 0 Å². The molecule has 2 N–H and O–H groups in total. The van der Waals surface area contributed by atoms with Gasteiger partial charge in [-0.3, -0.25) is 0 Å². The molecule has 2 aromatic rings. The van der Waals surface area contributed by atoms with Crippen molar-refractivity contribution in [2.24, 2.45) is 0 Å². The Morgan fingerprint density at radius 3 is 2.79 bits per heavy atom. The lowest BCUT2D eigenvalue weighted by atomic mass is 10.2. The summed E-state index contributed by atoms with van der Waals surface area (Å²) in [4.78, 5) is 44.8. The van der Waals surface area contributed by atoms with Crippen molar-refractivity contribution in [2.75, 3.05) is 12.3 Å². The number of aromatic nitrogens is 4. The molecule has 1 aliphatic rings. The predicted molar refractivity (Wildman–Crippen MR) is 60.0 cm³/mol. The second-order valence-corrected chi connectivity index (χ2v) is 5.96. The van der Waals surface area contributed by atoms with Crippen molar-refractivity contribution in [3.63, 3.8) is 0 Å². The van der Waals surface area contributed by atoms with Crippen LogP contribution in [0.2, 0.25) is 0 Å². The van der Waals surface area contributed by atoms with Gasteiger partial charge in [-0.2, -0.15) is 0 Å². The molecule has 0 aromatic carbocycles. The van der Waals surface area contributed by atoms with E-state index in [0.29, 0.717) is 11.2 Å². The van der Waals surface area contributed by atoms with Crippen molar-refractivity contribution >= 4 is 24.9 Å². The Hall–Kier alpha value is -1.38. The lowest BCUT2D eigenvalue weighted by Gasteiger charge is -2.45. The first kappa shape index (κ1) is 12.6. The first-order valence-electron chi connectivity index (χ1n) is 5.53. The van der Waals surface area contributed by atoms with Gasteiger partial charge in [-0.1, -0.05) is 0 Å². The molecule has 1 aliphatic heterocycles. The lowest BCUT2D eigenvalue weighted by molar-refractivity contribution is -0.436. The van der Waals surface area contributed by atoms with Crippen LogP contribution < -0.4 is 20.4 Å². The van der Waals surface area contributed by atoms with Gasteiger partial charge in [0.25, 0.3) is 0 Å². The monoisotopic (exact) mass is 283 g/mol. The molecular formula is C9H10N5O4P-2. The Labute approximate surface area is 108 Å². The molecule has 2 aromatic heterocycles. The van der Waals surface area contributed by atoms with Crippen LogP contribution in [-0.2, 0) is 4.74 Å². The molecule has 3 heterocycles. The van der Waals surface area contributed by atoms with E-state index in [1.54, 1.807) is 4.57 Å². The summed E-state index contributed by atoms with van der Waals surface area (Å²) in [6.45, 7) is 0.120. The zero-order chi connectivity index (χ0) is 13.6. The van der Waals surface area contributed by atoms with Gasteiger partial charge in [-0.25, -0.2) is 15.0 Å². The molecule has 0 radical (unpaired) electrons. The van der Waals surface area contributed by atoms with Gasteiger partial charge >= 0.3 is 0 Å². The molecule has 0 spiro atoms. The molecule has 0 amide bonds. The molecule has 2 atom stereocenters. The maximum atomic E-state index is 10.9. The molecule has 9 nitrogen and oxygen atoms in total. The van der Waals surface area contributed by atoms with Crippen LogP contribution in [-0.4, -0.2) is 32.0 Å². The highest BCUT2D eigenvalue weighted by atomic mass is 31.2. The van der Waals surface area contributed by atoms with E-state index < -0.39 is 13.8 Å². The second-order valence-electron chi connectivity index (χ2n) is 4.30. The minimum Gasteiger partial charge on any atom is -0.686 e. The number of fused-ring (bicyclic) bond motifs is 1. The summed E-state index contributed by atoms with van der Waals surface area (Å²) in [7, 11) is -4.74. The molecule has 0 aliphatic carbocycles. The SMILES string of the molecule is Nc1ncnc2c1ncn2[C@H]1CO[C@@H]([P+]([O-])([O-])[O-])C1. The Morgan fingerprint density at radius 2 is 2.11 bits per heavy atom. The summed E-state index contributed by atoms with van der Waals surface area (Å²) in [6.07, 6.45) is 2.88. The van der Waals surface area contributed by atoms with Crippen LogP contribution in [0.5, 0.6) is 0 Å². The van der Waals surface area contributed by atoms with Crippen molar-refractivity contribution < 1.29 is 19.4 Å². The molecule has 102 valence electrons. The van der Waals surface area contributed by atoms with Crippen molar-refractivity contribution in [1.82, 2.24) is 19.5 Å². The average molecular weight is 283 g/mol. The third kappa shape index (κ3) is 2.15. The first-order chi connectivity index (χ1) is 8.97. The van der Waals surface area contributed by atoms with Crippen LogP contribution in [0.4, 0.5) is 5.82 Å². The fourth-order valence-electron chi connectivity index (χ4n) is 2.14. The fraction of sp³-hybridized carbons (Fsp3) is 0.444. The van der Waals surface area contributed by atoms with E-state index in [2.05, 4.69) is 15.0 Å². The van der Waals surface area contributed by atoms with E-state index >= 15 is 0 Å². The number of hydrogen-bond donors (Lipinski definition) is 1. The molecule has 3 rings (SSSR count). The number of anilines is 1. The Balaban J connectivity index is 1.92. The second kappa shape index (κ2) is 4.32. The van der Waals surface area contributed by atoms with Crippen molar-refractivity contribution in [2.45, 2.75) is 18.3 Å². The van der Waals surface area contributed by atoms with Crippen LogP contribution in [0.1, 0.15) is 12.5 Å². The summed E-state index contributed by atoms with van der Waals surface area (Å²) in [5, 5.41) is 0. The van der Waals surface area contributed by atoms with Gasteiger partial charge < -0.3 is 29.7 Å². The number of nitrogens with two attached hydrogens (primary N) is 1. The summed E-state index contributed by atoms with van der Waals surface area (Å²) < 4.78 is 6.68. The van der Waals surface area contributed by atoms with Gasteiger partial charge in [0, 0.05) is 6.42 Å². The molecule has 0 saturated carbocycles. The molecule has 19 heavy (non-hydrogen) atoms. The van der Waals surface area contributed by atoms with E-state index in [1.807, 2.05) is 0 Å². The average Bonchev–Trinajstić information content (AvgIpc) is 2.93. The minimum atomic E-state index is -4.74. The quantitative estimate of drug-likeness (QED) is 0.596. The number of nitrogens with zero attached hydrogens (tertiary/aromatic N) is 4. The Morgan fingerprint density at radius 1 is 1.32 bits per heavy atom. The Bertz CT molecular complexity index is 612. The number of ether oxygens (including phenoxy) is 1. The molecule has 0 bridgehead atoms. The maximum absolute atomic E-state index is 10.9. The number of nitrogen functional groups attached to an aromatic ring is 1. The third-order valence-corrected chi connectivity index (χ3v) is 4.15. The topological polar surface area (TPSA) is 148 Å². The van der Waals surface area contributed by atoms with E-state index in [4.69, 9.17) is 10.5 Å². The first-order valence-corrected chi connectivity index (χ1v) is 7.14. The third-order valence-electron chi connectivity index (χ3n) is 3.09. The summed E-state index contributed by atoms with van der Waals surface area (Å²) >= 11 is 0. The maximum Gasteiger partial charge on any atom is 0.165 e. The van der Waals surface area contributed by atoms with Crippen molar-refractivity contribution in [3.05, 3.63) is 12.7 Å². The van der Waals surface area contributed by atoms with Gasteiger partial charge in [-0.05, 0) is 0 Å². The number of hydrogen-bond acceptors (Lipinski definition) is 8. The lowest BCUT2D eigenvalue weighted by Crippen LogP contribution is -2.40. The van der Waals surface area contributed by atoms with E-state index in [9.17, 15) is 14.7 Å². The van der Waals surface area contributed by atoms with Gasteiger partial charge in [0.2, 0.25) is 0 Å².